The zero-order valence-corrected chi connectivity index (χ0v) is 17.3. The predicted molar refractivity (Wildman–Crippen MR) is 115 cm³/mol. The lowest BCUT2D eigenvalue weighted by molar-refractivity contribution is -0.118. The number of hydrogen-bond donors (Lipinski definition) is 3. The fourth-order valence-corrected chi connectivity index (χ4v) is 3.27. The second-order valence-corrected chi connectivity index (χ2v) is 7.08. The smallest absolute Gasteiger partial charge is 0.256 e. The number of hydrogen-bond acceptors (Lipinski definition) is 5. The first kappa shape index (κ1) is 22.4. The van der Waals surface area contributed by atoms with Gasteiger partial charge in [-0.15, -0.1) is 11.8 Å². The number of carbonyl (C=O) groups is 3. The molecular weight excluding hydrogens is 390 g/mol. The molecule has 0 radical (unpaired) electrons. The Labute approximate surface area is 174 Å². The quantitative estimate of drug-likeness (QED) is 0.409. The highest BCUT2D eigenvalue weighted by Crippen LogP contribution is 2.24. The van der Waals surface area contributed by atoms with Crippen molar-refractivity contribution >= 4 is 40.9 Å². The molecule has 2 aromatic carbocycles. The molecule has 0 aliphatic rings. The molecule has 0 aliphatic carbocycles. The number of ether oxygens (including phenoxy) is 1. The molecular formula is C21H25N3O4S. The minimum Gasteiger partial charge on any atom is -0.383 e. The molecule has 29 heavy (non-hydrogen) atoms. The Hall–Kier alpha value is -2.84. The van der Waals surface area contributed by atoms with E-state index < -0.39 is 0 Å². The fourth-order valence-electron chi connectivity index (χ4n) is 2.39. The Kier molecular flexibility index (Phi) is 9.20. The topological polar surface area (TPSA) is 96.5 Å². The highest BCUT2D eigenvalue weighted by molar-refractivity contribution is 8.00. The van der Waals surface area contributed by atoms with E-state index in [4.69, 9.17) is 4.74 Å². The highest BCUT2D eigenvalue weighted by Gasteiger charge is 2.13. The predicted octanol–water partition coefficient (Wildman–Crippen LogP) is 3.14. The molecule has 7 nitrogen and oxygen atoms in total. The molecule has 0 unspecified atom stereocenters. The Morgan fingerprint density at radius 2 is 1.69 bits per heavy atom. The number of rotatable bonds is 10. The van der Waals surface area contributed by atoms with Crippen molar-refractivity contribution in [2.45, 2.75) is 18.2 Å². The van der Waals surface area contributed by atoms with E-state index in [-0.39, 0.29) is 23.5 Å². The summed E-state index contributed by atoms with van der Waals surface area (Å²) in [6.45, 7) is 2.67. The number of benzene rings is 2. The van der Waals surface area contributed by atoms with Crippen LogP contribution in [0.25, 0.3) is 0 Å². The molecule has 0 heterocycles. The van der Waals surface area contributed by atoms with Gasteiger partial charge in [-0.1, -0.05) is 25.1 Å². The molecule has 154 valence electrons. The first-order valence-electron chi connectivity index (χ1n) is 9.22. The van der Waals surface area contributed by atoms with Crippen molar-refractivity contribution in [3.8, 4) is 0 Å². The van der Waals surface area contributed by atoms with Crippen molar-refractivity contribution in [3.05, 3.63) is 54.1 Å². The summed E-state index contributed by atoms with van der Waals surface area (Å²) in [6, 6.07) is 14.1. The van der Waals surface area contributed by atoms with Gasteiger partial charge >= 0.3 is 0 Å². The molecule has 0 atom stereocenters. The molecule has 3 N–H and O–H groups in total. The lowest BCUT2D eigenvalue weighted by Crippen LogP contribution is -2.28. The van der Waals surface area contributed by atoms with E-state index in [1.54, 1.807) is 56.5 Å². The average molecular weight is 416 g/mol. The summed E-state index contributed by atoms with van der Waals surface area (Å²) >= 11 is 1.30. The number of carbonyl (C=O) groups excluding carboxylic acids is 3. The maximum Gasteiger partial charge on any atom is 0.256 e. The largest absolute Gasteiger partial charge is 0.383 e. The Morgan fingerprint density at radius 3 is 2.41 bits per heavy atom. The number of anilines is 2. The minimum atomic E-state index is -0.285. The number of methoxy groups -OCH3 is 1. The van der Waals surface area contributed by atoms with Crippen LogP contribution in [0.5, 0.6) is 0 Å². The van der Waals surface area contributed by atoms with E-state index in [1.165, 1.54) is 11.8 Å². The van der Waals surface area contributed by atoms with E-state index >= 15 is 0 Å². The first-order chi connectivity index (χ1) is 14.0. The van der Waals surface area contributed by atoms with Gasteiger partial charge in [0.05, 0.1) is 17.9 Å². The van der Waals surface area contributed by atoms with Crippen molar-refractivity contribution in [2.24, 2.45) is 0 Å². The van der Waals surface area contributed by atoms with Crippen LogP contribution in [0.4, 0.5) is 11.4 Å². The van der Waals surface area contributed by atoms with Crippen LogP contribution in [0, 0.1) is 0 Å². The van der Waals surface area contributed by atoms with Crippen LogP contribution >= 0.6 is 11.8 Å². The molecule has 0 spiro atoms. The lowest BCUT2D eigenvalue weighted by atomic mass is 10.2. The van der Waals surface area contributed by atoms with Crippen LogP contribution < -0.4 is 16.0 Å². The standard InChI is InChI=1S/C21H25N3O4S/c1-3-19(25)23-15-7-6-8-16(13-15)24-21(27)17-9-4-5-10-18(17)29-14-20(26)22-11-12-28-2/h4-10,13H,3,11-12,14H2,1-2H3,(H,22,26)(H,23,25)(H,24,27). The minimum absolute atomic E-state index is 0.0982. The van der Waals surface area contributed by atoms with Gasteiger partial charge in [0.1, 0.15) is 0 Å². The van der Waals surface area contributed by atoms with Crippen LogP contribution in [-0.2, 0) is 14.3 Å². The summed E-state index contributed by atoms with van der Waals surface area (Å²) in [5.74, 6) is -0.306. The summed E-state index contributed by atoms with van der Waals surface area (Å²) in [6.07, 6.45) is 0.375. The van der Waals surface area contributed by atoms with Gasteiger partial charge in [0.15, 0.2) is 0 Å². The Bertz CT molecular complexity index is 857. The van der Waals surface area contributed by atoms with Crippen LogP contribution in [0.15, 0.2) is 53.4 Å². The third kappa shape index (κ3) is 7.59. The van der Waals surface area contributed by atoms with Gasteiger partial charge in [0, 0.05) is 36.3 Å². The van der Waals surface area contributed by atoms with E-state index in [2.05, 4.69) is 16.0 Å². The summed E-state index contributed by atoms with van der Waals surface area (Å²) in [5, 5.41) is 8.35. The summed E-state index contributed by atoms with van der Waals surface area (Å²) in [4.78, 5) is 36.9. The molecule has 0 aromatic heterocycles. The maximum atomic E-state index is 12.8. The zero-order chi connectivity index (χ0) is 21.1. The fraction of sp³-hybridized carbons (Fsp3) is 0.286. The van der Waals surface area contributed by atoms with Gasteiger partial charge < -0.3 is 20.7 Å². The molecule has 0 saturated heterocycles. The van der Waals surface area contributed by atoms with Crippen LogP contribution in [0.3, 0.4) is 0 Å². The number of nitrogens with one attached hydrogen (secondary N) is 3. The SMILES string of the molecule is CCC(=O)Nc1cccc(NC(=O)c2ccccc2SCC(=O)NCCOC)c1. The van der Waals surface area contributed by atoms with Crippen LogP contribution in [-0.4, -0.2) is 43.7 Å². The van der Waals surface area contributed by atoms with Crippen molar-refractivity contribution < 1.29 is 19.1 Å². The third-order valence-corrected chi connectivity index (χ3v) is 4.92. The highest BCUT2D eigenvalue weighted by atomic mass is 32.2. The molecule has 0 fully saturated rings. The molecule has 3 amide bonds. The van der Waals surface area contributed by atoms with Gasteiger partial charge in [-0.2, -0.15) is 0 Å². The Morgan fingerprint density at radius 1 is 0.966 bits per heavy atom. The lowest BCUT2D eigenvalue weighted by Gasteiger charge is -2.11. The summed E-state index contributed by atoms with van der Waals surface area (Å²) < 4.78 is 4.90. The van der Waals surface area contributed by atoms with Crippen molar-refractivity contribution in [3.63, 3.8) is 0 Å². The van der Waals surface area contributed by atoms with Crippen LogP contribution in [0.2, 0.25) is 0 Å². The second kappa shape index (κ2) is 11.9. The molecule has 2 aromatic rings. The normalized spacial score (nSPS) is 10.3. The maximum absolute atomic E-state index is 12.8. The molecule has 0 saturated carbocycles. The molecule has 0 bridgehead atoms. The zero-order valence-electron chi connectivity index (χ0n) is 16.5. The third-order valence-electron chi connectivity index (χ3n) is 3.84. The molecule has 0 aliphatic heterocycles. The second-order valence-electron chi connectivity index (χ2n) is 6.06. The van der Waals surface area contributed by atoms with E-state index in [0.717, 1.165) is 0 Å². The van der Waals surface area contributed by atoms with Crippen molar-refractivity contribution in [1.82, 2.24) is 5.32 Å². The monoisotopic (exact) mass is 415 g/mol. The number of amides is 3. The van der Waals surface area contributed by atoms with Gasteiger partial charge in [-0.05, 0) is 30.3 Å². The van der Waals surface area contributed by atoms with Crippen molar-refractivity contribution in [2.75, 3.05) is 36.6 Å². The van der Waals surface area contributed by atoms with E-state index in [1.807, 2.05) is 6.07 Å². The average Bonchev–Trinajstić information content (AvgIpc) is 2.72. The number of thioether (sulfide) groups is 1. The summed E-state index contributed by atoms with van der Waals surface area (Å²) in [5.41, 5.74) is 1.66. The van der Waals surface area contributed by atoms with Gasteiger partial charge in [0.2, 0.25) is 11.8 Å². The van der Waals surface area contributed by atoms with Gasteiger partial charge in [0.25, 0.3) is 5.91 Å². The molecule has 2 rings (SSSR count). The van der Waals surface area contributed by atoms with E-state index in [0.29, 0.717) is 41.4 Å². The van der Waals surface area contributed by atoms with Crippen molar-refractivity contribution in [1.29, 1.82) is 0 Å². The van der Waals surface area contributed by atoms with Crippen LogP contribution in [0.1, 0.15) is 23.7 Å². The van der Waals surface area contributed by atoms with Gasteiger partial charge in [-0.25, -0.2) is 0 Å². The first-order valence-corrected chi connectivity index (χ1v) is 10.2. The molecule has 8 heteroatoms. The van der Waals surface area contributed by atoms with E-state index in [9.17, 15) is 14.4 Å². The summed E-state index contributed by atoms with van der Waals surface area (Å²) in [7, 11) is 1.57. The van der Waals surface area contributed by atoms with Gasteiger partial charge in [-0.3, -0.25) is 14.4 Å². The Balaban J connectivity index is 2.02.